The fraction of sp³-hybridized carbons (Fsp3) is 0.556. The van der Waals surface area contributed by atoms with Crippen molar-refractivity contribution in [1.82, 2.24) is 25.0 Å². The smallest absolute Gasteiger partial charge is 0.324 e. The van der Waals surface area contributed by atoms with Gasteiger partial charge in [-0.1, -0.05) is 25.6 Å². The molecule has 2 aromatic rings. The zero-order chi connectivity index (χ0) is 27.2. The number of allylic oxidation sites excluding steroid dienone is 5. The molecule has 2 N–H and O–H groups in total. The van der Waals surface area contributed by atoms with Crippen molar-refractivity contribution in [3.8, 4) is 0 Å². The monoisotopic (exact) mass is 528 g/mol. The van der Waals surface area contributed by atoms with Gasteiger partial charge in [0.15, 0.2) is 5.82 Å². The van der Waals surface area contributed by atoms with Crippen LogP contribution >= 0.6 is 0 Å². The van der Waals surface area contributed by atoms with E-state index in [-0.39, 0.29) is 24.3 Å². The molecule has 206 valence electrons. The predicted molar refractivity (Wildman–Crippen MR) is 144 cm³/mol. The summed E-state index contributed by atoms with van der Waals surface area (Å²) in [6.45, 7) is 11.0. The lowest BCUT2D eigenvalue weighted by Crippen LogP contribution is -2.43. The molecule has 0 aliphatic carbocycles. The van der Waals surface area contributed by atoms with Crippen molar-refractivity contribution in [1.29, 1.82) is 0 Å². The van der Waals surface area contributed by atoms with Gasteiger partial charge in [0.2, 0.25) is 5.95 Å². The summed E-state index contributed by atoms with van der Waals surface area (Å²) in [5.41, 5.74) is 7.29. The van der Waals surface area contributed by atoms with Gasteiger partial charge >= 0.3 is 6.01 Å². The van der Waals surface area contributed by atoms with E-state index < -0.39 is 11.7 Å². The Morgan fingerprint density at radius 2 is 1.89 bits per heavy atom. The van der Waals surface area contributed by atoms with E-state index in [0.29, 0.717) is 31.1 Å². The van der Waals surface area contributed by atoms with Crippen LogP contribution in [0.4, 0.5) is 20.7 Å². The molecule has 9 nitrogen and oxygen atoms in total. The lowest BCUT2D eigenvalue weighted by molar-refractivity contribution is 0.197. The number of rotatable bonds is 10. The third kappa shape index (κ3) is 7.02. The lowest BCUT2D eigenvalue weighted by atomic mass is 10.00. The molecule has 2 atom stereocenters. The molecule has 0 spiro atoms. The Bertz CT molecular complexity index is 1120. The number of halogens is 2. The Kier molecular flexibility index (Phi) is 9.22. The third-order valence-corrected chi connectivity index (χ3v) is 7.28. The van der Waals surface area contributed by atoms with E-state index in [2.05, 4.69) is 57.4 Å². The van der Waals surface area contributed by atoms with Gasteiger partial charge in [-0.05, 0) is 44.0 Å². The Balaban J connectivity index is 1.26. The molecular weight excluding hydrogens is 490 g/mol. The second-order valence-corrected chi connectivity index (χ2v) is 10.5. The second-order valence-electron chi connectivity index (χ2n) is 10.5. The second kappa shape index (κ2) is 12.6. The van der Waals surface area contributed by atoms with Gasteiger partial charge < -0.3 is 20.1 Å². The molecule has 0 radical (unpaired) electrons. The quantitative estimate of drug-likeness (QED) is 0.456. The Labute approximate surface area is 223 Å². The third-order valence-electron chi connectivity index (χ3n) is 7.28. The number of anilines is 2. The average molecular weight is 529 g/mol. The molecule has 2 saturated heterocycles. The van der Waals surface area contributed by atoms with E-state index in [0.717, 1.165) is 62.1 Å². The van der Waals surface area contributed by atoms with Crippen LogP contribution in [0.5, 0.6) is 0 Å². The molecule has 0 unspecified atom stereocenters. The van der Waals surface area contributed by atoms with E-state index >= 15 is 0 Å². The van der Waals surface area contributed by atoms with Crippen molar-refractivity contribution in [3.63, 3.8) is 0 Å². The van der Waals surface area contributed by atoms with Gasteiger partial charge in [-0.2, -0.15) is 4.98 Å². The van der Waals surface area contributed by atoms with Gasteiger partial charge in [0.05, 0.1) is 0 Å². The van der Waals surface area contributed by atoms with E-state index in [1.807, 2.05) is 17.3 Å². The molecular formula is C27H38F2N8O. The highest BCUT2D eigenvalue weighted by Crippen LogP contribution is 2.27. The zero-order valence-corrected chi connectivity index (χ0v) is 22.4. The summed E-state index contributed by atoms with van der Waals surface area (Å²) in [6, 6.07) is 0.833. The van der Waals surface area contributed by atoms with Crippen LogP contribution in [0.3, 0.4) is 0 Å². The standard InChI is InChI=1S/C27H38F2N8O/c1-5-21(28)6-7-22(29)12-20-16-37(17-24(20)30)26-31-13-19(14-32-26)15-35(4)23-8-10-36(11-9-23)27-33-25(18(2)3)34-38-27/h5-7,13-14,18,20,23-24H,1,8-12,15-17,30H2,2-4H3/b21-6+,22-7+/t20-,24-/m0/s1. The molecule has 2 aliphatic rings. The van der Waals surface area contributed by atoms with Crippen molar-refractivity contribution in [2.24, 2.45) is 11.7 Å². The minimum absolute atomic E-state index is 0.101. The Morgan fingerprint density at radius 3 is 2.53 bits per heavy atom. The van der Waals surface area contributed by atoms with Gasteiger partial charge in [-0.3, -0.25) is 4.90 Å². The Morgan fingerprint density at radius 1 is 1.18 bits per heavy atom. The van der Waals surface area contributed by atoms with Gasteiger partial charge in [0, 0.05) is 75.1 Å². The van der Waals surface area contributed by atoms with Crippen LogP contribution in [0.1, 0.15) is 50.4 Å². The van der Waals surface area contributed by atoms with Crippen LogP contribution in [0, 0.1) is 5.92 Å². The molecule has 2 aliphatic heterocycles. The van der Waals surface area contributed by atoms with Crippen molar-refractivity contribution >= 4 is 12.0 Å². The van der Waals surface area contributed by atoms with Gasteiger partial charge in [-0.15, -0.1) is 0 Å². The predicted octanol–water partition coefficient (Wildman–Crippen LogP) is 4.13. The molecule has 0 aromatic carbocycles. The van der Waals surface area contributed by atoms with Gasteiger partial charge in [0.25, 0.3) is 0 Å². The van der Waals surface area contributed by atoms with Crippen LogP contribution in [-0.2, 0) is 6.54 Å². The van der Waals surface area contributed by atoms with Crippen LogP contribution in [-0.4, -0.2) is 70.3 Å². The van der Waals surface area contributed by atoms with E-state index in [9.17, 15) is 8.78 Å². The zero-order valence-electron chi connectivity index (χ0n) is 22.4. The number of piperidine rings is 1. The summed E-state index contributed by atoms with van der Waals surface area (Å²) in [6.07, 6.45) is 9.08. The van der Waals surface area contributed by atoms with Crippen molar-refractivity contribution in [3.05, 3.63) is 60.2 Å². The summed E-state index contributed by atoms with van der Waals surface area (Å²) in [5, 5.41) is 4.07. The maximum atomic E-state index is 14.2. The fourth-order valence-electron chi connectivity index (χ4n) is 4.93. The van der Waals surface area contributed by atoms with Crippen molar-refractivity contribution in [2.75, 3.05) is 43.0 Å². The summed E-state index contributed by atoms with van der Waals surface area (Å²) in [5.74, 6) is 0.487. The van der Waals surface area contributed by atoms with Crippen LogP contribution in [0.2, 0.25) is 0 Å². The fourth-order valence-corrected chi connectivity index (χ4v) is 4.93. The van der Waals surface area contributed by atoms with Crippen LogP contribution < -0.4 is 15.5 Å². The first-order chi connectivity index (χ1) is 18.2. The normalized spacial score (nSPS) is 21.7. The first-order valence-electron chi connectivity index (χ1n) is 13.2. The maximum Gasteiger partial charge on any atom is 0.324 e. The summed E-state index contributed by atoms with van der Waals surface area (Å²) in [4.78, 5) is 20.1. The highest BCUT2D eigenvalue weighted by molar-refractivity contribution is 5.33. The lowest BCUT2D eigenvalue weighted by Gasteiger charge is -2.35. The van der Waals surface area contributed by atoms with Crippen LogP contribution in [0.25, 0.3) is 0 Å². The SMILES string of the molecule is C=C/C(F)=C\C=C(\F)C[C@H]1CN(c2ncc(CN(C)C3CCN(c4nc(C(C)C)no4)CC3)cn2)C[C@@H]1N. The number of nitrogens with two attached hydrogens (primary N) is 1. The van der Waals surface area contributed by atoms with Crippen LogP contribution in [0.15, 0.2) is 53.4 Å². The molecule has 0 saturated carbocycles. The topological polar surface area (TPSA) is 100 Å². The highest BCUT2D eigenvalue weighted by atomic mass is 19.1. The number of hydrogen-bond donors (Lipinski definition) is 1. The molecule has 2 aromatic heterocycles. The summed E-state index contributed by atoms with van der Waals surface area (Å²) in [7, 11) is 2.13. The van der Waals surface area contributed by atoms with E-state index in [4.69, 9.17) is 10.3 Å². The molecule has 38 heavy (non-hydrogen) atoms. The summed E-state index contributed by atoms with van der Waals surface area (Å²) >= 11 is 0. The molecule has 0 amide bonds. The highest BCUT2D eigenvalue weighted by Gasteiger charge is 2.32. The van der Waals surface area contributed by atoms with Gasteiger partial charge in [0.1, 0.15) is 11.7 Å². The average Bonchev–Trinajstić information content (AvgIpc) is 3.55. The number of aromatic nitrogens is 4. The largest absolute Gasteiger partial charge is 0.339 e. The molecule has 11 heteroatoms. The molecule has 2 fully saturated rings. The van der Waals surface area contributed by atoms with Gasteiger partial charge in [-0.25, -0.2) is 18.7 Å². The Hall–Kier alpha value is -3.18. The molecule has 4 rings (SSSR count). The van der Waals surface area contributed by atoms with Crippen molar-refractivity contribution in [2.45, 2.75) is 57.7 Å². The number of hydrogen-bond acceptors (Lipinski definition) is 9. The van der Waals surface area contributed by atoms with Crippen molar-refractivity contribution < 1.29 is 13.3 Å². The van der Waals surface area contributed by atoms with E-state index in [1.165, 1.54) is 0 Å². The molecule has 0 bridgehead atoms. The van der Waals surface area contributed by atoms with E-state index in [1.54, 1.807) is 0 Å². The maximum absolute atomic E-state index is 14.2. The summed E-state index contributed by atoms with van der Waals surface area (Å²) < 4.78 is 32.8. The first kappa shape index (κ1) is 27.8. The number of nitrogens with zero attached hydrogens (tertiary/aromatic N) is 7. The minimum atomic E-state index is -0.578. The first-order valence-corrected chi connectivity index (χ1v) is 13.2. The minimum Gasteiger partial charge on any atom is -0.339 e. The molecule has 4 heterocycles.